The number of nitrogens with one attached hydrogen (secondary N) is 2. The van der Waals surface area contributed by atoms with Gasteiger partial charge >= 0.3 is 0 Å². The molecule has 0 radical (unpaired) electrons. The van der Waals surface area contributed by atoms with Gasteiger partial charge in [0.25, 0.3) is 0 Å². The Labute approximate surface area is 106 Å². The van der Waals surface area contributed by atoms with Crippen molar-refractivity contribution in [3.05, 3.63) is 0 Å². The van der Waals surface area contributed by atoms with Gasteiger partial charge < -0.3 is 20.1 Å². The molecule has 18 heavy (non-hydrogen) atoms. The van der Waals surface area contributed by atoms with E-state index in [9.17, 15) is 9.59 Å². The minimum absolute atomic E-state index is 0.0890. The molecule has 0 aliphatic rings. The lowest BCUT2D eigenvalue weighted by molar-refractivity contribution is -0.128. The average Bonchev–Trinajstić information content (AvgIpc) is 2.37. The van der Waals surface area contributed by atoms with Crippen LogP contribution in [0.5, 0.6) is 0 Å². The first kappa shape index (κ1) is 16.0. The first-order valence-electron chi connectivity index (χ1n) is 5.26. The predicted octanol–water partition coefficient (Wildman–Crippen LogP) is -1.48. The highest BCUT2D eigenvalue weighted by atomic mass is 16.5. The van der Waals surface area contributed by atoms with Gasteiger partial charge in [0.05, 0.1) is 26.3 Å². The van der Waals surface area contributed by atoms with Gasteiger partial charge in [0, 0.05) is 0 Å². The van der Waals surface area contributed by atoms with Crippen molar-refractivity contribution in [2.75, 3.05) is 39.5 Å². The molecule has 0 aromatic rings. The Kier molecular flexibility index (Phi) is 10.2. The Morgan fingerprint density at radius 2 is 1.28 bits per heavy atom. The molecule has 0 fully saturated rings. The zero-order valence-electron chi connectivity index (χ0n) is 10.0. The van der Waals surface area contributed by atoms with E-state index < -0.39 is 0 Å². The largest absolute Gasteiger partial charge is 0.369 e. The topological polar surface area (TPSA) is 76.7 Å². The molecule has 0 aromatic heterocycles. The van der Waals surface area contributed by atoms with Crippen LogP contribution in [-0.2, 0) is 19.1 Å². The van der Waals surface area contributed by atoms with Crippen LogP contribution in [0.2, 0.25) is 0 Å². The van der Waals surface area contributed by atoms with Gasteiger partial charge in [0.15, 0.2) is 0 Å². The second-order valence-corrected chi connectivity index (χ2v) is 3.07. The number of hydrogen-bond acceptors (Lipinski definition) is 4. The third-order valence-corrected chi connectivity index (χ3v) is 1.61. The summed E-state index contributed by atoms with van der Waals surface area (Å²) < 4.78 is 9.97. The maximum Gasteiger partial charge on any atom is 0.246 e. The number of carbonyl (C=O) groups is 2. The summed E-state index contributed by atoms with van der Waals surface area (Å²) in [5.41, 5.74) is 0. The number of amides is 2. The van der Waals surface area contributed by atoms with Crippen molar-refractivity contribution in [2.45, 2.75) is 0 Å². The number of carbonyl (C=O) groups excluding carboxylic acids is 2. The molecule has 6 heteroatoms. The van der Waals surface area contributed by atoms with Gasteiger partial charge in [-0.3, -0.25) is 9.59 Å². The lowest BCUT2D eigenvalue weighted by Gasteiger charge is -2.05. The van der Waals surface area contributed by atoms with E-state index in [1.54, 1.807) is 0 Å². The quantitative estimate of drug-likeness (QED) is 0.387. The van der Waals surface area contributed by atoms with Crippen LogP contribution in [0.1, 0.15) is 0 Å². The standard InChI is InChI=1S/C12H16N2O4/c1-3-5-13-11(15)9-17-7-8-18-10-12(16)14-6-4-2/h1-2H,5-10H2,(H,13,15)(H,14,16). The van der Waals surface area contributed by atoms with Crippen molar-refractivity contribution in [3.8, 4) is 24.7 Å². The van der Waals surface area contributed by atoms with Gasteiger partial charge in [-0.05, 0) is 0 Å². The minimum Gasteiger partial charge on any atom is -0.369 e. The van der Waals surface area contributed by atoms with Crippen LogP contribution in [0.15, 0.2) is 0 Å². The molecule has 98 valence electrons. The zero-order valence-corrected chi connectivity index (χ0v) is 10.0. The van der Waals surface area contributed by atoms with E-state index in [4.69, 9.17) is 22.3 Å². The Morgan fingerprint density at radius 3 is 1.61 bits per heavy atom. The lowest BCUT2D eigenvalue weighted by Crippen LogP contribution is -2.29. The van der Waals surface area contributed by atoms with Crippen molar-refractivity contribution in [2.24, 2.45) is 0 Å². The molecule has 0 atom stereocenters. The van der Waals surface area contributed by atoms with Crippen LogP contribution in [0.4, 0.5) is 0 Å². The molecule has 0 rings (SSSR count). The summed E-state index contributed by atoms with van der Waals surface area (Å²) in [7, 11) is 0. The molecule has 0 saturated heterocycles. The van der Waals surface area contributed by atoms with E-state index in [2.05, 4.69) is 22.5 Å². The molecule has 0 aliphatic heterocycles. The van der Waals surface area contributed by atoms with E-state index in [-0.39, 0.29) is 51.3 Å². The predicted molar refractivity (Wildman–Crippen MR) is 65.3 cm³/mol. The van der Waals surface area contributed by atoms with Gasteiger partial charge in [-0.2, -0.15) is 0 Å². The van der Waals surface area contributed by atoms with Crippen LogP contribution in [0, 0.1) is 24.7 Å². The van der Waals surface area contributed by atoms with Crippen molar-refractivity contribution < 1.29 is 19.1 Å². The van der Waals surface area contributed by atoms with Crippen LogP contribution in [0.25, 0.3) is 0 Å². The second-order valence-electron chi connectivity index (χ2n) is 3.07. The summed E-state index contributed by atoms with van der Waals surface area (Å²) >= 11 is 0. The number of hydrogen-bond donors (Lipinski definition) is 2. The minimum atomic E-state index is -0.292. The fourth-order valence-corrected chi connectivity index (χ4v) is 0.849. The number of rotatable bonds is 9. The molecule has 0 spiro atoms. The monoisotopic (exact) mass is 252 g/mol. The molecule has 0 saturated carbocycles. The number of ether oxygens (including phenoxy) is 2. The highest BCUT2D eigenvalue weighted by Crippen LogP contribution is 1.80. The summed E-state index contributed by atoms with van der Waals surface area (Å²) in [6.45, 7) is 0.600. The van der Waals surface area contributed by atoms with Crippen molar-refractivity contribution in [1.29, 1.82) is 0 Å². The Hall–Kier alpha value is -2.02. The molecule has 0 heterocycles. The normalized spacial score (nSPS) is 9.00. The van der Waals surface area contributed by atoms with E-state index in [1.807, 2.05) is 0 Å². The summed E-state index contributed by atoms with van der Waals surface area (Å²) in [5.74, 6) is 3.95. The highest BCUT2D eigenvalue weighted by Gasteiger charge is 2.01. The van der Waals surface area contributed by atoms with Crippen molar-refractivity contribution in [3.63, 3.8) is 0 Å². The molecule has 6 nitrogen and oxygen atoms in total. The van der Waals surface area contributed by atoms with Gasteiger partial charge in [0.2, 0.25) is 11.8 Å². The summed E-state index contributed by atoms with van der Waals surface area (Å²) in [5, 5.41) is 4.88. The molecule has 0 aliphatic carbocycles. The summed E-state index contributed by atoms with van der Waals surface area (Å²) in [6, 6.07) is 0. The first-order chi connectivity index (χ1) is 8.70. The molecular formula is C12H16N2O4. The average molecular weight is 252 g/mol. The van der Waals surface area contributed by atoms with Gasteiger partial charge in [-0.15, -0.1) is 12.8 Å². The highest BCUT2D eigenvalue weighted by molar-refractivity contribution is 5.77. The van der Waals surface area contributed by atoms with Gasteiger partial charge in [0.1, 0.15) is 13.2 Å². The maximum atomic E-state index is 11.0. The van der Waals surface area contributed by atoms with E-state index in [0.717, 1.165) is 0 Å². The van der Waals surface area contributed by atoms with E-state index in [0.29, 0.717) is 0 Å². The van der Waals surface area contributed by atoms with Gasteiger partial charge in [-0.1, -0.05) is 11.8 Å². The number of terminal acetylenes is 2. The van der Waals surface area contributed by atoms with Crippen molar-refractivity contribution in [1.82, 2.24) is 10.6 Å². The second kappa shape index (κ2) is 11.5. The van der Waals surface area contributed by atoms with Crippen molar-refractivity contribution >= 4 is 11.8 Å². The molecule has 0 bridgehead atoms. The molecule has 0 aromatic carbocycles. The Bertz CT molecular complexity index is 307. The lowest BCUT2D eigenvalue weighted by atomic mass is 10.5. The third kappa shape index (κ3) is 10.5. The van der Waals surface area contributed by atoms with E-state index in [1.165, 1.54) is 0 Å². The Morgan fingerprint density at radius 1 is 0.889 bits per heavy atom. The molecule has 2 N–H and O–H groups in total. The van der Waals surface area contributed by atoms with Crippen LogP contribution in [0.3, 0.4) is 0 Å². The maximum absolute atomic E-state index is 11.0. The summed E-state index contributed by atoms with van der Waals surface area (Å²) in [4.78, 5) is 22.0. The smallest absolute Gasteiger partial charge is 0.246 e. The van der Waals surface area contributed by atoms with Crippen LogP contribution in [-0.4, -0.2) is 51.3 Å². The first-order valence-corrected chi connectivity index (χ1v) is 5.26. The van der Waals surface area contributed by atoms with Crippen LogP contribution < -0.4 is 10.6 Å². The fourth-order valence-electron chi connectivity index (χ4n) is 0.849. The Balaban J connectivity index is 3.31. The van der Waals surface area contributed by atoms with Gasteiger partial charge in [-0.25, -0.2) is 0 Å². The fraction of sp³-hybridized carbons (Fsp3) is 0.500. The van der Waals surface area contributed by atoms with Crippen LogP contribution >= 0.6 is 0 Å². The third-order valence-electron chi connectivity index (χ3n) is 1.61. The molecular weight excluding hydrogens is 236 g/mol. The zero-order chi connectivity index (χ0) is 13.6. The molecule has 0 unspecified atom stereocenters. The molecule has 2 amide bonds. The SMILES string of the molecule is C#CCNC(=O)COCCOCC(=O)NCC#C. The summed E-state index contributed by atoms with van der Waals surface area (Å²) in [6.07, 6.45) is 9.92. The van der Waals surface area contributed by atoms with E-state index >= 15 is 0 Å².